The minimum atomic E-state index is -3.74. The molecule has 0 spiro atoms. The van der Waals surface area contributed by atoms with E-state index in [1.807, 2.05) is 57.2 Å². The molecule has 1 amide bonds. The van der Waals surface area contributed by atoms with Gasteiger partial charge in [0, 0.05) is 23.8 Å². The van der Waals surface area contributed by atoms with Gasteiger partial charge in [0.25, 0.3) is 0 Å². The third kappa shape index (κ3) is 6.94. The van der Waals surface area contributed by atoms with Gasteiger partial charge in [-0.3, -0.25) is 9.78 Å². The molecule has 0 saturated heterocycles. The molecule has 42 heavy (non-hydrogen) atoms. The Bertz CT molecular complexity index is 1670. The van der Waals surface area contributed by atoms with Gasteiger partial charge in [0.2, 0.25) is 15.9 Å². The van der Waals surface area contributed by atoms with E-state index in [1.54, 1.807) is 41.3 Å². The quantitative estimate of drug-likeness (QED) is 0.231. The molecule has 0 fully saturated rings. The minimum absolute atomic E-state index is 0.0947. The van der Waals surface area contributed by atoms with Gasteiger partial charge in [-0.15, -0.1) is 0 Å². The number of nitrogens with zero attached hydrogens (tertiary/aromatic N) is 2. The summed E-state index contributed by atoms with van der Waals surface area (Å²) in [5.74, 6) is -0.536. The van der Waals surface area contributed by atoms with Gasteiger partial charge in [-0.1, -0.05) is 48.9 Å². The Morgan fingerprint density at radius 3 is 2.48 bits per heavy atom. The SMILES string of the molecule is Cc1ccc(S(=O)(=O)N[C@H]2CCCc3ccc(N(Cc4cccc(C)n4)C(=O)C[C@@H](C)c4ccc(F)cc4)cc32)cc1. The number of amides is 1. The van der Waals surface area contributed by atoms with Crippen LogP contribution in [0, 0.1) is 19.7 Å². The van der Waals surface area contributed by atoms with Gasteiger partial charge in [-0.25, -0.2) is 17.5 Å². The molecule has 4 aromatic rings. The van der Waals surface area contributed by atoms with Crippen LogP contribution in [0.1, 0.15) is 71.8 Å². The van der Waals surface area contributed by atoms with Crippen molar-refractivity contribution >= 4 is 21.6 Å². The second kappa shape index (κ2) is 12.5. The van der Waals surface area contributed by atoms with E-state index < -0.39 is 16.1 Å². The summed E-state index contributed by atoms with van der Waals surface area (Å²) in [4.78, 5) is 20.5. The predicted octanol–water partition coefficient (Wildman–Crippen LogP) is 6.92. The van der Waals surface area contributed by atoms with Crippen LogP contribution in [0.2, 0.25) is 0 Å². The molecule has 0 radical (unpaired) electrons. The number of hydrogen-bond donors (Lipinski definition) is 1. The highest BCUT2D eigenvalue weighted by molar-refractivity contribution is 7.89. The number of hydrogen-bond acceptors (Lipinski definition) is 4. The molecule has 218 valence electrons. The number of nitrogens with one attached hydrogen (secondary N) is 1. The fourth-order valence-corrected chi connectivity index (χ4v) is 6.75. The van der Waals surface area contributed by atoms with Gasteiger partial charge < -0.3 is 4.90 Å². The van der Waals surface area contributed by atoms with E-state index in [9.17, 15) is 17.6 Å². The number of carbonyl (C=O) groups excluding carboxylic acids is 1. The number of fused-ring (bicyclic) bond motifs is 1. The molecule has 1 aliphatic rings. The van der Waals surface area contributed by atoms with Crippen LogP contribution >= 0.6 is 0 Å². The molecule has 0 saturated carbocycles. The zero-order valence-corrected chi connectivity index (χ0v) is 25.0. The molecular weight excluding hydrogens is 549 g/mol. The molecule has 8 heteroatoms. The first-order valence-electron chi connectivity index (χ1n) is 14.3. The van der Waals surface area contributed by atoms with Crippen molar-refractivity contribution in [1.29, 1.82) is 0 Å². The van der Waals surface area contributed by atoms with Crippen molar-refractivity contribution in [3.05, 3.63) is 124 Å². The lowest BCUT2D eigenvalue weighted by molar-refractivity contribution is -0.119. The Balaban J connectivity index is 1.46. The third-order valence-corrected chi connectivity index (χ3v) is 9.36. The maximum absolute atomic E-state index is 13.9. The van der Waals surface area contributed by atoms with Crippen LogP contribution in [0.3, 0.4) is 0 Å². The van der Waals surface area contributed by atoms with Crippen molar-refractivity contribution in [2.24, 2.45) is 0 Å². The van der Waals surface area contributed by atoms with E-state index in [0.29, 0.717) is 12.1 Å². The highest BCUT2D eigenvalue weighted by Gasteiger charge is 2.28. The van der Waals surface area contributed by atoms with Gasteiger partial charge in [0.1, 0.15) is 5.82 Å². The van der Waals surface area contributed by atoms with Crippen LogP contribution in [0.15, 0.2) is 89.8 Å². The summed E-state index contributed by atoms with van der Waals surface area (Å²) in [6.45, 7) is 6.06. The molecule has 5 rings (SSSR count). The molecule has 0 aliphatic heterocycles. The van der Waals surface area contributed by atoms with Crippen molar-refractivity contribution in [2.75, 3.05) is 4.90 Å². The summed E-state index contributed by atoms with van der Waals surface area (Å²) in [5, 5.41) is 0. The Morgan fingerprint density at radius 2 is 1.76 bits per heavy atom. The second-order valence-electron chi connectivity index (χ2n) is 11.2. The lowest BCUT2D eigenvalue weighted by Gasteiger charge is -2.30. The molecule has 2 atom stereocenters. The first kappa shape index (κ1) is 29.6. The van der Waals surface area contributed by atoms with Crippen LogP contribution < -0.4 is 9.62 Å². The molecule has 3 aromatic carbocycles. The summed E-state index contributed by atoms with van der Waals surface area (Å²) in [5.41, 5.74) is 6.13. The van der Waals surface area contributed by atoms with Gasteiger partial charge in [-0.2, -0.15) is 0 Å². The third-order valence-electron chi connectivity index (χ3n) is 7.87. The van der Waals surface area contributed by atoms with Gasteiger partial charge >= 0.3 is 0 Å². The lowest BCUT2D eigenvalue weighted by atomic mass is 9.87. The Hall–Kier alpha value is -3.88. The number of pyridine rings is 1. The van der Waals surface area contributed by atoms with Crippen molar-refractivity contribution < 1.29 is 17.6 Å². The number of benzene rings is 3. The fourth-order valence-electron chi connectivity index (χ4n) is 5.50. The van der Waals surface area contributed by atoms with E-state index in [1.165, 1.54) is 12.1 Å². The highest BCUT2D eigenvalue weighted by atomic mass is 32.2. The number of carbonyl (C=O) groups is 1. The molecule has 1 aromatic heterocycles. The minimum Gasteiger partial charge on any atom is -0.306 e. The Morgan fingerprint density at radius 1 is 1.02 bits per heavy atom. The molecule has 1 N–H and O–H groups in total. The van der Waals surface area contributed by atoms with Crippen LogP contribution in [-0.4, -0.2) is 19.3 Å². The summed E-state index contributed by atoms with van der Waals surface area (Å²) in [6.07, 6.45) is 2.58. The lowest BCUT2D eigenvalue weighted by Crippen LogP contribution is -2.33. The molecular formula is C34H36FN3O3S. The zero-order valence-electron chi connectivity index (χ0n) is 24.2. The van der Waals surface area contributed by atoms with Crippen LogP contribution in [0.5, 0.6) is 0 Å². The van der Waals surface area contributed by atoms with E-state index in [0.717, 1.165) is 46.5 Å². The van der Waals surface area contributed by atoms with Crippen molar-refractivity contribution in [1.82, 2.24) is 9.71 Å². The van der Waals surface area contributed by atoms with E-state index in [2.05, 4.69) is 9.71 Å². The van der Waals surface area contributed by atoms with Crippen LogP contribution in [-0.2, 0) is 27.8 Å². The number of anilines is 1. The van der Waals surface area contributed by atoms with E-state index in [4.69, 9.17) is 0 Å². The highest BCUT2D eigenvalue weighted by Crippen LogP contribution is 2.35. The summed E-state index contributed by atoms with van der Waals surface area (Å²) in [6, 6.07) is 24.3. The summed E-state index contributed by atoms with van der Waals surface area (Å²) in [7, 11) is -3.74. The molecule has 1 heterocycles. The summed E-state index contributed by atoms with van der Waals surface area (Å²) >= 11 is 0. The average Bonchev–Trinajstić information content (AvgIpc) is 2.96. The van der Waals surface area contributed by atoms with Crippen molar-refractivity contribution in [3.63, 3.8) is 0 Å². The Kier molecular flexibility index (Phi) is 8.85. The Labute approximate surface area is 247 Å². The normalized spacial score (nSPS) is 15.6. The van der Waals surface area contributed by atoms with E-state index >= 15 is 0 Å². The fraction of sp³-hybridized carbons (Fsp3) is 0.294. The topological polar surface area (TPSA) is 79.4 Å². The number of halogens is 1. The largest absolute Gasteiger partial charge is 0.306 e. The van der Waals surface area contributed by atoms with E-state index in [-0.39, 0.29) is 35.5 Å². The van der Waals surface area contributed by atoms with Gasteiger partial charge in [0.15, 0.2) is 0 Å². The maximum atomic E-state index is 13.9. The number of rotatable bonds is 9. The van der Waals surface area contributed by atoms with Gasteiger partial charge in [-0.05, 0) is 104 Å². The molecule has 0 unspecified atom stereocenters. The number of aromatic nitrogens is 1. The average molecular weight is 586 g/mol. The number of sulfonamides is 1. The first-order valence-corrected chi connectivity index (χ1v) is 15.8. The zero-order chi connectivity index (χ0) is 29.9. The van der Waals surface area contributed by atoms with Crippen LogP contribution in [0.4, 0.5) is 10.1 Å². The molecule has 1 aliphatic carbocycles. The maximum Gasteiger partial charge on any atom is 0.241 e. The monoisotopic (exact) mass is 585 g/mol. The predicted molar refractivity (Wildman–Crippen MR) is 163 cm³/mol. The molecule has 6 nitrogen and oxygen atoms in total. The number of aryl methyl sites for hydroxylation is 3. The standard InChI is InChI=1S/C34H36FN3O3S/c1-23-10-18-31(19-11-23)42(40,41)37-33-9-5-7-27-14-17-30(21-32(27)33)38(22-29-8-4-6-25(3)36-29)34(39)20-24(2)26-12-15-28(35)16-13-26/h4,6,8,10-19,21,24,33,37H,5,7,9,20,22H2,1-3H3/t24-,33+/m1/s1. The smallest absolute Gasteiger partial charge is 0.241 e. The first-order chi connectivity index (χ1) is 20.1. The van der Waals surface area contributed by atoms with Gasteiger partial charge in [0.05, 0.1) is 17.1 Å². The van der Waals surface area contributed by atoms with Crippen molar-refractivity contribution in [3.8, 4) is 0 Å². The molecule has 0 bridgehead atoms. The summed E-state index contributed by atoms with van der Waals surface area (Å²) < 4.78 is 43.0. The van der Waals surface area contributed by atoms with Crippen molar-refractivity contribution in [2.45, 2.75) is 69.9 Å². The van der Waals surface area contributed by atoms with Crippen LogP contribution in [0.25, 0.3) is 0 Å². The second-order valence-corrected chi connectivity index (χ2v) is 12.9.